The van der Waals surface area contributed by atoms with Gasteiger partial charge >= 0.3 is 6.18 Å². The molecule has 0 unspecified atom stereocenters. The first-order valence-electron chi connectivity index (χ1n) is 11.8. The molecule has 0 fully saturated rings. The molecule has 39 heavy (non-hydrogen) atoms. The summed E-state index contributed by atoms with van der Waals surface area (Å²) in [6, 6.07) is 19.3. The molecule has 1 aromatic heterocycles. The summed E-state index contributed by atoms with van der Waals surface area (Å²) in [5.74, 6) is -1.46. The fourth-order valence-electron chi connectivity index (χ4n) is 4.21. The van der Waals surface area contributed by atoms with Crippen LogP contribution in [-0.2, 0) is 11.0 Å². The number of para-hydroxylation sites is 2. The predicted octanol–water partition coefficient (Wildman–Crippen LogP) is 7.23. The summed E-state index contributed by atoms with van der Waals surface area (Å²) < 4.78 is 42.1. The maximum absolute atomic E-state index is 13.6. The van der Waals surface area contributed by atoms with E-state index in [9.17, 15) is 27.6 Å². The van der Waals surface area contributed by atoms with Crippen molar-refractivity contribution in [2.45, 2.75) is 26.4 Å². The minimum atomic E-state index is -4.56. The summed E-state index contributed by atoms with van der Waals surface area (Å²) in [5, 5.41) is 5.64. The summed E-state index contributed by atoms with van der Waals surface area (Å²) in [4.78, 5) is 37.8. The molecule has 2 N–H and O–H groups in total. The van der Waals surface area contributed by atoms with E-state index in [-0.39, 0.29) is 16.8 Å². The van der Waals surface area contributed by atoms with Crippen molar-refractivity contribution in [3.8, 4) is 5.69 Å². The normalized spacial score (nSPS) is 11.2. The fourth-order valence-corrected chi connectivity index (χ4v) is 4.40. The molecule has 0 radical (unpaired) electrons. The lowest BCUT2D eigenvalue weighted by molar-refractivity contribution is -0.137. The van der Waals surface area contributed by atoms with E-state index in [2.05, 4.69) is 10.6 Å². The van der Waals surface area contributed by atoms with Crippen LogP contribution < -0.4 is 10.6 Å². The zero-order valence-electron chi connectivity index (χ0n) is 20.9. The third-order valence-corrected chi connectivity index (χ3v) is 6.39. The number of alkyl halides is 3. The molecule has 0 saturated heterocycles. The Balaban J connectivity index is 1.46. The molecule has 1 heterocycles. The molecule has 6 nitrogen and oxygen atoms in total. The van der Waals surface area contributed by atoms with E-state index in [4.69, 9.17) is 11.6 Å². The number of ketones is 1. The Bertz CT molecular complexity index is 1560. The maximum atomic E-state index is 13.6. The highest BCUT2D eigenvalue weighted by Crippen LogP contribution is 2.35. The lowest BCUT2D eigenvalue weighted by Crippen LogP contribution is -2.17. The molecular weight excluding hydrogens is 531 g/mol. The number of nitrogens with zero attached hydrogens (tertiary/aromatic N) is 1. The molecule has 4 aromatic rings. The second kappa shape index (κ2) is 11.2. The Kier molecular flexibility index (Phi) is 7.92. The molecule has 0 aliphatic rings. The van der Waals surface area contributed by atoms with Crippen molar-refractivity contribution in [3.63, 3.8) is 0 Å². The van der Waals surface area contributed by atoms with Gasteiger partial charge in [-0.25, -0.2) is 0 Å². The Morgan fingerprint density at radius 1 is 0.872 bits per heavy atom. The Labute approximate surface area is 227 Å². The molecule has 0 saturated carbocycles. The molecule has 2 amide bonds. The van der Waals surface area contributed by atoms with Crippen LogP contribution in [0, 0.1) is 13.8 Å². The first-order chi connectivity index (χ1) is 18.5. The van der Waals surface area contributed by atoms with Crippen LogP contribution in [-0.4, -0.2) is 22.2 Å². The Morgan fingerprint density at radius 3 is 2.18 bits per heavy atom. The lowest BCUT2D eigenvalue weighted by Gasteiger charge is -2.16. The van der Waals surface area contributed by atoms with Crippen LogP contribution in [0.3, 0.4) is 0 Å². The van der Waals surface area contributed by atoms with E-state index < -0.39 is 35.8 Å². The highest BCUT2D eigenvalue weighted by Gasteiger charge is 2.34. The minimum absolute atomic E-state index is 0.0690. The molecule has 0 bridgehead atoms. The number of aromatic nitrogens is 1. The van der Waals surface area contributed by atoms with Crippen LogP contribution >= 0.6 is 11.6 Å². The second-order valence-electron chi connectivity index (χ2n) is 8.79. The van der Waals surface area contributed by atoms with E-state index in [1.54, 1.807) is 38.1 Å². The van der Waals surface area contributed by atoms with Gasteiger partial charge in [0.1, 0.15) is 0 Å². The third-order valence-electron chi connectivity index (χ3n) is 6.06. The van der Waals surface area contributed by atoms with Gasteiger partial charge in [-0.1, -0.05) is 35.9 Å². The van der Waals surface area contributed by atoms with E-state index in [0.29, 0.717) is 27.8 Å². The van der Waals surface area contributed by atoms with Crippen molar-refractivity contribution in [1.29, 1.82) is 0 Å². The number of hydrogen-bond donors (Lipinski definition) is 2. The number of amides is 2. The van der Waals surface area contributed by atoms with Crippen LogP contribution in [0.4, 0.5) is 24.5 Å². The van der Waals surface area contributed by atoms with Gasteiger partial charge in [-0.05, 0) is 68.4 Å². The van der Waals surface area contributed by atoms with Gasteiger partial charge in [-0.2, -0.15) is 13.2 Å². The average Bonchev–Trinajstić information content (AvgIpc) is 3.19. The molecule has 4 rings (SSSR count). The molecule has 0 aliphatic heterocycles. The number of benzene rings is 3. The quantitative estimate of drug-likeness (QED) is 0.187. The van der Waals surface area contributed by atoms with E-state index in [1.807, 2.05) is 0 Å². The number of anilines is 2. The van der Waals surface area contributed by atoms with Gasteiger partial charge in [-0.15, -0.1) is 0 Å². The van der Waals surface area contributed by atoms with Crippen LogP contribution in [0.1, 0.15) is 44.1 Å². The molecule has 10 heteroatoms. The monoisotopic (exact) mass is 553 g/mol. The minimum Gasteiger partial charge on any atom is -0.324 e. The first kappa shape index (κ1) is 27.7. The highest BCUT2D eigenvalue weighted by molar-refractivity contribution is 6.33. The van der Waals surface area contributed by atoms with Crippen LogP contribution in [0.15, 0.2) is 78.9 Å². The lowest BCUT2D eigenvalue weighted by atomic mass is 10.1. The summed E-state index contributed by atoms with van der Waals surface area (Å²) >= 11 is 6.02. The summed E-state index contributed by atoms with van der Waals surface area (Å²) in [6.45, 7) is 3.20. The van der Waals surface area contributed by atoms with E-state index in [0.717, 1.165) is 6.07 Å². The number of carbonyl (C=O) groups excluding carboxylic acids is 3. The van der Waals surface area contributed by atoms with Crippen LogP contribution in [0.2, 0.25) is 5.02 Å². The molecule has 0 aliphatic carbocycles. The number of nitrogens with one attached hydrogen (secondary N) is 2. The van der Waals surface area contributed by atoms with Crippen molar-refractivity contribution in [3.05, 3.63) is 112 Å². The Hall–Kier alpha value is -4.37. The summed E-state index contributed by atoms with van der Waals surface area (Å²) in [6.07, 6.45) is -4.96. The third kappa shape index (κ3) is 6.21. The standard InChI is InChI=1S/C29H23ClF3N3O3/c1-17-15-21(18(2)36(17)25-10-6-3-7-22(25)29(31,32)33)28(39)34-20-13-11-19(12-14-20)26(37)16-27(38)35-24-9-5-4-8-23(24)30/h3-15H,16H2,1-2H3,(H,34,39)(H,35,38). The van der Waals surface area contributed by atoms with Gasteiger partial charge in [0.2, 0.25) is 5.91 Å². The number of carbonyl (C=O) groups is 3. The van der Waals surface area contributed by atoms with Crippen molar-refractivity contribution < 1.29 is 27.6 Å². The zero-order valence-corrected chi connectivity index (χ0v) is 21.7. The number of hydrogen-bond acceptors (Lipinski definition) is 3. The van der Waals surface area contributed by atoms with Crippen LogP contribution in [0.5, 0.6) is 0 Å². The molecular formula is C29H23ClF3N3O3. The fraction of sp³-hybridized carbons (Fsp3) is 0.138. The average molecular weight is 554 g/mol. The van der Waals surface area contributed by atoms with Crippen molar-refractivity contribution >= 4 is 40.6 Å². The first-order valence-corrected chi connectivity index (χ1v) is 12.2. The molecule has 0 spiro atoms. The van der Waals surface area contributed by atoms with Gasteiger partial charge in [0, 0.05) is 22.6 Å². The van der Waals surface area contributed by atoms with Crippen molar-refractivity contribution in [2.75, 3.05) is 10.6 Å². The molecule has 3 aromatic carbocycles. The Morgan fingerprint density at radius 2 is 1.51 bits per heavy atom. The highest BCUT2D eigenvalue weighted by atomic mass is 35.5. The van der Waals surface area contributed by atoms with E-state index >= 15 is 0 Å². The van der Waals surface area contributed by atoms with Gasteiger partial charge in [0.05, 0.1) is 33.9 Å². The summed E-state index contributed by atoms with van der Waals surface area (Å²) in [7, 11) is 0. The van der Waals surface area contributed by atoms with Crippen LogP contribution in [0.25, 0.3) is 5.69 Å². The van der Waals surface area contributed by atoms with Gasteiger partial charge in [0.15, 0.2) is 5.78 Å². The topological polar surface area (TPSA) is 80.2 Å². The van der Waals surface area contributed by atoms with Gasteiger partial charge in [-0.3, -0.25) is 14.4 Å². The predicted molar refractivity (Wildman–Crippen MR) is 144 cm³/mol. The summed E-state index contributed by atoms with van der Waals surface area (Å²) in [5.41, 5.74) is 1.18. The number of aryl methyl sites for hydroxylation is 1. The molecule has 0 atom stereocenters. The number of Topliss-reactive ketones (excluding diaryl/α,β-unsaturated/α-hetero) is 1. The molecule has 200 valence electrons. The maximum Gasteiger partial charge on any atom is 0.418 e. The van der Waals surface area contributed by atoms with Crippen molar-refractivity contribution in [1.82, 2.24) is 4.57 Å². The van der Waals surface area contributed by atoms with Gasteiger partial charge in [0.25, 0.3) is 5.91 Å². The van der Waals surface area contributed by atoms with Crippen molar-refractivity contribution in [2.24, 2.45) is 0 Å². The number of halogens is 4. The largest absolute Gasteiger partial charge is 0.418 e. The van der Waals surface area contributed by atoms with E-state index in [1.165, 1.54) is 53.1 Å². The SMILES string of the molecule is Cc1cc(C(=O)Nc2ccc(C(=O)CC(=O)Nc3ccccc3Cl)cc2)c(C)n1-c1ccccc1C(F)(F)F. The van der Waals surface area contributed by atoms with Gasteiger partial charge < -0.3 is 15.2 Å². The number of rotatable bonds is 7. The second-order valence-corrected chi connectivity index (χ2v) is 9.20. The zero-order chi connectivity index (χ0) is 28.3. The smallest absolute Gasteiger partial charge is 0.324 e.